The monoisotopic (exact) mass is 613 g/mol. The molecular weight excluding hydrogens is 592 g/mol. The fourth-order valence-corrected chi connectivity index (χ4v) is 4.74. The Hall–Kier alpha value is -4.26. The molecule has 0 fully saturated rings. The van der Waals surface area contributed by atoms with E-state index in [1.54, 1.807) is 37.3 Å². The summed E-state index contributed by atoms with van der Waals surface area (Å²) in [5.41, 5.74) is -1.22. The Bertz CT molecular complexity index is 1500. The van der Waals surface area contributed by atoms with Gasteiger partial charge in [0.2, 0.25) is 0 Å². The molecule has 3 aromatic carbocycles. The van der Waals surface area contributed by atoms with E-state index in [0.29, 0.717) is 10.5 Å². The summed E-state index contributed by atoms with van der Waals surface area (Å²) >= 11 is 5.98. The molecule has 14 heteroatoms. The van der Waals surface area contributed by atoms with Crippen LogP contribution in [0.15, 0.2) is 77.9 Å². The molecule has 0 saturated carbocycles. The minimum absolute atomic E-state index is 0.127. The number of benzene rings is 3. The number of carbonyl (C=O) groups is 2. The Morgan fingerprint density at radius 2 is 1.64 bits per heavy atom. The summed E-state index contributed by atoms with van der Waals surface area (Å²) < 4.78 is 86.8. The summed E-state index contributed by atoms with van der Waals surface area (Å²) in [6, 6.07) is 14.7. The number of amides is 3. The minimum atomic E-state index is -4.96. The summed E-state index contributed by atoms with van der Waals surface area (Å²) in [5, 5.41) is 4.78. The average molecular weight is 614 g/mol. The normalized spacial score (nSPS) is 17.1. The highest BCUT2D eigenvalue weighted by molar-refractivity contribution is 6.32. The van der Waals surface area contributed by atoms with Crippen molar-refractivity contribution in [2.45, 2.75) is 31.8 Å². The Morgan fingerprint density at radius 3 is 2.19 bits per heavy atom. The topological polar surface area (TPSA) is 71.4 Å². The molecule has 0 aromatic heterocycles. The second-order valence-electron chi connectivity index (χ2n) is 9.26. The molecule has 1 heterocycles. The number of alkyl halides is 6. The van der Waals surface area contributed by atoms with Gasteiger partial charge in [-0.3, -0.25) is 0 Å². The van der Waals surface area contributed by atoms with Crippen molar-refractivity contribution in [3.05, 3.63) is 94.5 Å². The van der Waals surface area contributed by atoms with Gasteiger partial charge in [-0.1, -0.05) is 48.0 Å². The van der Waals surface area contributed by atoms with E-state index < -0.39 is 46.4 Å². The maximum Gasteiger partial charge on any atom is 0.573 e. The minimum Gasteiger partial charge on any atom is -0.449 e. The van der Waals surface area contributed by atoms with Crippen LogP contribution in [0, 0.1) is 0 Å². The predicted octanol–water partition coefficient (Wildman–Crippen LogP) is 8.02. The summed E-state index contributed by atoms with van der Waals surface area (Å²) in [5.74, 6) is -0.583. The fraction of sp³-hybridized carbons (Fsp3) is 0.250. The van der Waals surface area contributed by atoms with Crippen molar-refractivity contribution in [1.82, 2.24) is 5.01 Å². The van der Waals surface area contributed by atoms with Gasteiger partial charge in [0.1, 0.15) is 5.75 Å². The Kier molecular flexibility index (Phi) is 8.44. The lowest BCUT2D eigenvalue weighted by atomic mass is 9.76. The van der Waals surface area contributed by atoms with Crippen LogP contribution in [0.5, 0.6) is 5.75 Å². The highest BCUT2D eigenvalue weighted by atomic mass is 35.5. The number of halogens is 7. The molecule has 222 valence electrons. The first-order chi connectivity index (χ1) is 19.6. The molecule has 1 atom stereocenters. The summed E-state index contributed by atoms with van der Waals surface area (Å²) in [6.07, 6.45) is -10.8. The first-order valence-corrected chi connectivity index (χ1v) is 12.7. The van der Waals surface area contributed by atoms with Gasteiger partial charge in [-0.15, -0.1) is 13.2 Å². The molecule has 0 radical (unpaired) electrons. The van der Waals surface area contributed by atoms with Gasteiger partial charge in [-0.2, -0.15) is 23.2 Å². The molecule has 3 aromatic rings. The molecule has 0 N–H and O–H groups in total. The summed E-state index contributed by atoms with van der Waals surface area (Å²) in [6.45, 7) is 2.93. The molecule has 0 aliphatic carbocycles. The third-order valence-corrected chi connectivity index (χ3v) is 6.67. The van der Waals surface area contributed by atoms with Crippen molar-refractivity contribution in [1.29, 1.82) is 0 Å². The van der Waals surface area contributed by atoms with Crippen LogP contribution in [0.3, 0.4) is 0 Å². The van der Waals surface area contributed by atoms with E-state index in [1.165, 1.54) is 13.0 Å². The molecule has 3 amide bonds. The van der Waals surface area contributed by atoms with E-state index in [4.69, 9.17) is 16.3 Å². The van der Waals surface area contributed by atoms with Gasteiger partial charge in [0.05, 0.1) is 40.6 Å². The van der Waals surface area contributed by atoms with Gasteiger partial charge < -0.3 is 9.47 Å². The predicted molar refractivity (Wildman–Crippen MR) is 142 cm³/mol. The SMILES string of the molecule is CCOC(=O)N(C(=O)N1CC(C)(c2ccccc2)C(c2ccc(C(F)(F)F)c(Cl)c2)=N1)c1ccc(OC(F)(F)F)cc1. The zero-order chi connectivity index (χ0) is 30.9. The molecule has 42 heavy (non-hydrogen) atoms. The van der Waals surface area contributed by atoms with Gasteiger partial charge in [-0.05, 0) is 55.8 Å². The van der Waals surface area contributed by atoms with Gasteiger partial charge in [0.25, 0.3) is 0 Å². The van der Waals surface area contributed by atoms with E-state index >= 15 is 0 Å². The van der Waals surface area contributed by atoms with Crippen LogP contribution < -0.4 is 9.64 Å². The Labute approximate surface area is 240 Å². The molecule has 0 saturated heterocycles. The van der Waals surface area contributed by atoms with Crippen LogP contribution in [-0.2, 0) is 16.3 Å². The second kappa shape index (κ2) is 11.6. The number of hydrogen-bond acceptors (Lipinski definition) is 5. The van der Waals surface area contributed by atoms with Gasteiger partial charge in [-0.25, -0.2) is 14.6 Å². The number of nitrogens with zero attached hydrogens (tertiary/aromatic N) is 3. The van der Waals surface area contributed by atoms with E-state index in [2.05, 4.69) is 9.84 Å². The highest BCUT2D eigenvalue weighted by Crippen LogP contribution is 2.39. The van der Waals surface area contributed by atoms with E-state index in [1.807, 2.05) is 0 Å². The van der Waals surface area contributed by atoms with Crippen LogP contribution in [0.2, 0.25) is 5.02 Å². The Morgan fingerprint density at radius 1 is 1.00 bits per heavy atom. The number of carbonyl (C=O) groups excluding carboxylic acids is 2. The van der Waals surface area contributed by atoms with Crippen LogP contribution in [0.4, 0.5) is 41.6 Å². The maximum atomic E-state index is 13.8. The van der Waals surface area contributed by atoms with Crippen molar-refractivity contribution in [3.63, 3.8) is 0 Å². The van der Waals surface area contributed by atoms with E-state index in [0.717, 1.165) is 41.4 Å². The lowest BCUT2D eigenvalue weighted by Crippen LogP contribution is -2.46. The van der Waals surface area contributed by atoms with Crippen molar-refractivity contribution < 1.29 is 45.4 Å². The van der Waals surface area contributed by atoms with Gasteiger partial charge in [0.15, 0.2) is 0 Å². The van der Waals surface area contributed by atoms with Crippen molar-refractivity contribution in [2.75, 3.05) is 18.1 Å². The lowest BCUT2D eigenvalue weighted by molar-refractivity contribution is -0.274. The van der Waals surface area contributed by atoms with Crippen molar-refractivity contribution >= 4 is 35.1 Å². The second-order valence-corrected chi connectivity index (χ2v) is 9.66. The third-order valence-electron chi connectivity index (χ3n) is 6.36. The molecular formula is C28H22ClF6N3O4. The summed E-state index contributed by atoms with van der Waals surface area (Å²) in [4.78, 5) is 27.3. The van der Waals surface area contributed by atoms with Crippen molar-refractivity contribution in [3.8, 4) is 5.75 Å². The van der Waals surface area contributed by atoms with Crippen LogP contribution in [-0.4, -0.2) is 42.4 Å². The first-order valence-electron chi connectivity index (χ1n) is 12.3. The standard InChI is InChI=1S/C28H22ClF6N3O4/c1-3-41-25(40)38(19-10-12-20(13-11-19)42-28(33,34)35)24(39)37-16-26(2,18-7-5-4-6-8-18)23(36-37)17-9-14-21(22(29)15-17)27(30,31)32/h4-15H,3,16H2,1-2H3. The first kappa shape index (κ1) is 30.7. The van der Waals surface area contributed by atoms with Crippen LogP contribution in [0.1, 0.15) is 30.5 Å². The number of ether oxygens (including phenoxy) is 2. The number of imide groups is 1. The number of hydrogen-bond donors (Lipinski definition) is 0. The number of anilines is 1. The Balaban J connectivity index is 1.77. The molecule has 0 spiro atoms. The largest absolute Gasteiger partial charge is 0.573 e. The van der Waals surface area contributed by atoms with E-state index in [9.17, 15) is 35.9 Å². The maximum absolute atomic E-state index is 13.8. The molecule has 0 bridgehead atoms. The van der Waals surface area contributed by atoms with Gasteiger partial charge >= 0.3 is 24.7 Å². The lowest BCUT2D eigenvalue weighted by Gasteiger charge is -2.28. The van der Waals surface area contributed by atoms with Crippen LogP contribution >= 0.6 is 11.6 Å². The molecule has 1 aliphatic heterocycles. The zero-order valence-electron chi connectivity index (χ0n) is 22.0. The van der Waals surface area contributed by atoms with E-state index in [-0.39, 0.29) is 30.1 Å². The average Bonchev–Trinajstić information content (AvgIpc) is 3.27. The number of hydrazone groups is 1. The highest BCUT2D eigenvalue weighted by Gasteiger charge is 2.45. The molecule has 7 nitrogen and oxygen atoms in total. The van der Waals surface area contributed by atoms with Crippen LogP contribution in [0.25, 0.3) is 0 Å². The molecule has 4 rings (SSSR count). The smallest absolute Gasteiger partial charge is 0.449 e. The number of urea groups is 1. The molecule has 1 unspecified atom stereocenters. The quantitative estimate of drug-likeness (QED) is 0.273. The van der Waals surface area contributed by atoms with Crippen molar-refractivity contribution in [2.24, 2.45) is 5.10 Å². The third kappa shape index (κ3) is 6.46. The molecule has 1 aliphatic rings. The number of rotatable bonds is 5. The summed E-state index contributed by atoms with van der Waals surface area (Å²) in [7, 11) is 0. The zero-order valence-corrected chi connectivity index (χ0v) is 22.7. The fourth-order valence-electron chi connectivity index (χ4n) is 4.45. The van der Waals surface area contributed by atoms with Gasteiger partial charge in [0, 0.05) is 5.56 Å².